The van der Waals surface area contributed by atoms with Crippen LogP contribution in [0.4, 0.5) is 0 Å². The third-order valence-corrected chi connectivity index (χ3v) is 10.1. The van der Waals surface area contributed by atoms with Crippen LogP contribution in [0.5, 0.6) is 0 Å². The Labute approximate surface area is 322 Å². The molecule has 5 heteroatoms. The van der Waals surface area contributed by atoms with Gasteiger partial charge in [-0.05, 0) is 69.8 Å². The second-order valence-corrected chi connectivity index (χ2v) is 15.4. The summed E-state index contributed by atoms with van der Waals surface area (Å²) in [4.78, 5) is 0. The zero-order valence-corrected chi connectivity index (χ0v) is 35.6. The van der Waals surface area contributed by atoms with Crippen molar-refractivity contribution in [2.45, 2.75) is 234 Å². The average Bonchev–Trinajstić information content (AvgIpc) is 3.14. The molecule has 0 bridgehead atoms. The molecule has 0 amide bonds. The van der Waals surface area contributed by atoms with Crippen LogP contribution in [0.25, 0.3) is 0 Å². The van der Waals surface area contributed by atoms with Gasteiger partial charge >= 0.3 is 0 Å². The molecule has 0 aliphatic rings. The van der Waals surface area contributed by atoms with Crippen molar-refractivity contribution in [2.75, 3.05) is 26.2 Å². The molecule has 0 aromatic heterocycles. The molecular weight excluding hydrogens is 623 g/mol. The van der Waals surface area contributed by atoms with Gasteiger partial charge in [-0.2, -0.15) is 0 Å². The first-order valence-electron chi connectivity index (χ1n) is 23.1. The van der Waals surface area contributed by atoms with Crippen LogP contribution in [0.2, 0.25) is 0 Å². The van der Waals surface area contributed by atoms with Crippen molar-refractivity contribution in [2.24, 2.45) is 0 Å². The molecule has 0 aliphatic carbocycles. The average molecular weight is 717 g/mol. The first-order chi connectivity index (χ1) is 25.1. The Bertz CT molecular complexity index is 672. The number of benzene rings is 1. The summed E-state index contributed by atoms with van der Waals surface area (Å²) < 4.78 is 0. The molecular formula is C46H93BN2O2. The molecule has 4 N–H and O–H groups in total. The summed E-state index contributed by atoms with van der Waals surface area (Å²) in [7, 11) is -1.85. The fraction of sp³-hybridized carbons (Fsp3) is 0.870. The van der Waals surface area contributed by atoms with Crippen molar-refractivity contribution >= 4 is 12.6 Å². The van der Waals surface area contributed by atoms with Gasteiger partial charge in [-0.3, -0.25) is 0 Å². The SMILES string of the molecule is CCCCCCCC[NH2+]CCCCCCCC.CCCCCCCC[NH2+]CCCCCCCC.CCCCCCCCc1ccc(B([O-])[O-])cc1. The second kappa shape index (κ2) is 47.1. The van der Waals surface area contributed by atoms with E-state index >= 15 is 0 Å². The van der Waals surface area contributed by atoms with Gasteiger partial charge in [0, 0.05) is 0 Å². The third-order valence-electron chi connectivity index (χ3n) is 10.1. The summed E-state index contributed by atoms with van der Waals surface area (Å²) in [5, 5.41) is 26.3. The van der Waals surface area contributed by atoms with E-state index in [1.165, 1.54) is 224 Å². The van der Waals surface area contributed by atoms with E-state index in [1.807, 2.05) is 12.1 Å². The van der Waals surface area contributed by atoms with E-state index in [2.05, 4.69) is 45.3 Å². The van der Waals surface area contributed by atoms with Crippen LogP contribution in [-0.2, 0) is 6.42 Å². The molecule has 0 fully saturated rings. The van der Waals surface area contributed by atoms with Crippen LogP contribution < -0.4 is 26.1 Å². The van der Waals surface area contributed by atoms with Crippen LogP contribution in [0, 0.1) is 0 Å². The molecule has 0 radical (unpaired) electrons. The van der Waals surface area contributed by atoms with E-state index in [9.17, 15) is 10.0 Å². The Morgan fingerprint density at radius 1 is 0.353 bits per heavy atom. The maximum atomic E-state index is 10.6. The Balaban J connectivity index is 0. The number of aryl methyl sites for hydroxylation is 1. The van der Waals surface area contributed by atoms with E-state index in [0.717, 1.165) is 6.42 Å². The zero-order chi connectivity index (χ0) is 37.7. The second-order valence-electron chi connectivity index (χ2n) is 15.4. The van der Waals surface area contributed by atoms with Crippen molar-refractivity contribution in [3.63, 3.8) is 0 Å². The number of hydrogen-bond donors (Lipinski definition) is 2. The van der Waals surface area contributed by atoms with Crippen molar-refractivity contribution in [3.8, 4) is 0 Å². The van der Waals surface area contributed by atoms with Crippen LogP contribution >= 0.6 is 0 Å². The summed E-state index contributed by atoms with van der Waals surface area (Å²) in [5.41, 5.74) is 1.57. The molecule has 0 atom stereocenters. The van der Waals surface area contributed by atoms with Crippen molar-refractivity contribution < 1.29 is 20.7 Å². The summed E-state index contributed by atoms with van der Waals surface area (Å²) in [6.07, 6.45) is 43.1. The maximum Gasteiger partial charge on any atom is 0.0755 e. The fourth-order valence-corrected chi connectivity index (χ4v) is 6.52. The highest BCUT2D eigenvalue weighted by Gasteiger charge is 1.97. The zero-order valence-electron chi connectivity index (χ0n) is 35.6. The minimum absolute atomic E-state index is 0.344. The number of rotatable bonds is 36. The van der Waals surface area contributed by atoms with Crippen molar-refractivity contribution in [1.82, 2.24) is 0 Å². The number of quaternary nitrogens is 2. The predicted octanol–water partition coefficient (Wildman–Crippen LogP) is 9.55. The quantitative estimate of drug-likeness (QED) is 0.0536. The molecule has 0 saturated carbocycles. The first kappa shape index (κ1) is 52.2. The Morgan fingerprint density at radius 3 is 0.882 bits per heavy atom. The van der Waals surface area contributed by atoms with Gasteiger partial charge in [0.25, 0.3) is 0 Å². The first-order valence-corrected chi connectivity index (χ1v) is 23.1. The van der Waals surface area contributed by atoms with Gasteiger partial charge in [0.2, 0.25) is 0 Å². The molecule has 4 nitrogen and oxygen atoms in total. The molecule has 0 aliphatic heterocycles. The van der Waals surface area contributed by atoms with Crippen molar-refractivity contribution in [1.29, 1.82) is 0 Å². The molecule has 1 aromatic carbocycles. The van der Waals surface area contributed by atoms with E-state index in [1.54, 1.807) is 12.1 Å². The maximum absolute atomic E-state index is 10.6. The van der Waals surface area contributed by atoms with Gasteiger partial charge in [0.05, 0.1) is 26.2 Å². The molecule has 0 heterocycles. The normalized spacial score (nSPS) is 10.8. The topological polar surface area (TPSA) is 79.3 Å². The van der Waals surface area contributed by atoms with Gasteiger partial charge in [0.1, 0.15) is 0 Å². The van der Waals surface area contributed by atoms with Gasteiger partial charge in [0.15, 0.2) is 0 Å². The summed E-state index contributed by atoms with van der Waals surface area (Å²) in [6.45, 7) is 16.8. The van der Waals surface area contributed by atoms with E-state index < -0.39 is 7.12 Å². The number of nitrogens with two attached hydrogens (primary N) is 2. The Morgan fingerprint density at radius 2 is 0.608 bits per heavy atom. The van der Waals surface area contributed by atoms with E-state index in [0.29, 0.717) is 5.46 Å². The molecule has 1 rings (SSSR count). The third kappa shape index (κ3) is 45.2. The predicted molar refractivity (Wildman–Crippen MR) is 226 cm³/mol. The minimum atomic E-state index is -1.85. The van der Waals surface area contributed by atoms with Gasteiger partial charge in [-0.15, -0.1) is 5.46 Å². The van der Waals surface area contributed by atoms with Crippen LogP contribution in [0.15, 0.2) is 24.3 Å². The molecule has 0 spiro atoms. The molecule has 302 valence electrons. The van der Waals surface area contributed by atoms with E-state index in [-0.39, 0.29) is 0 Å². The minimum Gasteiger partial charge on any atom is -0.889 e. The number of unbranched alkanes of at least 4 members (excludes halogenated alkanes) is 25. The molecule has 1 aromatic rings. The van der Waals surface area contributed by atoms with Crippen LogP contribution in [0.3, 0.4) is 0 Å². The summed E-state index contributed by atoms with van der Waals surface area (Å²) in [6, 6.07) is 7.14. The summed E-state index contributed by atoms with van der Waals surface area (Å²) in [5.74, 6) is 0. The number of hydrogen-bond acceptors (Lipinski definition) is 2. The van der Waals surface area contributed by atoms with Gasteiger partial charge < -0.3 is 20.7 Å². The largest absolute Gasteiger partial charge is 0.889 e. The molecule has 51 heavy (non-hydrogen) atoms. The van der Waals surface area contributed by atoms with Gasteiger partial charge in [-0.1, -0.05) is 201 Å². The van der Waals surface area contributed by atoms with Gasteiger partial charge in [-0.25, -0.2) is 0 Å². The highest BCUT2D eigenvalue weighted by atomic mass is 16.4. The summed E-state index contributed by atoms with van der Waals surface area (Å²) >= 11 is 0. The smallest absolute Gasteiger partial charge is 0.0755 e. The fourth-order valence-electron chi connectivity index (χ4n) is 6.52. The van der Waals surface area contributed by atoms with Crippen molar-refractivity contribution in [3.05, 3.63) is 29.8 Å². The highest BCUT2D eigenvalue weighted by Crippen LogP contribution is 2.10. The van der Waals surface area contributed by atoms with Crippen LogP contribution in [-0.4, -0.2) is 33.3 Å². The Kier molecular flexibility index (Phi) is 48.3. The highest BCUT2D eigenvalue weighted by molar-refractivity contribution is 6.55. The lowest BCUT2D eigenvalue weighted by Gasteiger charge is -2.26. The monoisotopic (exact) mass is 717 g/mol. The van der Waals surface area contributed by atoms with Crippen LogP contribution in [0.1, 0.15) is 233 Å². The lowest BCUT2D eigenvalue weighted by Crippen LogP contribution is -2.84. The molecule has 0 unspecified atom stereocenters. The Hall–Kier alpha value is -0.875. The lowest BCUT2D eigenvalue weighted by molar-refractivity contribution is -0.655. The van der Waals surface area contributed by atoms with E-state index in [4.69, 9.17) is 0 Å². The molecule has 0 saturated heterocycles. The standard InChI is InChI=1S/2C16H35N.C14H21BO2/c2*1-3-5-7-9-11-13-15-17-16-14-12-10-8-6-4-2;1-2-3-4-5-6-7-8-13-9-11-14(12-10-13)15(16)17/h2*17H,3-16H2,1-2H3;9-12H,2-8H2,1H3/q;;-2/p+2. The lowest BCUT2D eigenvalue weighted by atomic mass is 9.80.